The zero-order valence-electron chi connectivity index (χ0n) is 13.4. The number of hydrogen-bond acceptors (Lipinski definition) is 4. The van der Waals surface area contributed by atoms with E-state index >= 15 is 0 Å². The van der Waals surface area contributed by atoms with Crippen molar-refractivity contribution in [3.05, 3.63) is 29.8 Å². The van der Waals surface area contributed by atoms with Crippen molar-refractivity contribution < 1.29 is 14.3 Å². The fourth-order valence-electron chi connectivity index (χ4n) is 2.52. The summed E-state index contributed by atoms with van der Waals surface area (Å²) in [5, 5.41) is 5.18. The van der Waals surface area contributed by atoms with Crippen LogP contribution in [0.5, 0.6) is 5.75 Å². The Labute approximate surface area is 136 Å². The van der Waals surface area contributed by atoms with Crippen LogP contribution in [0.1, 0.15) is 31.2 Å². The molecule has 0 aromatic heterocycles. The zero-order chi connectivity index (χ0) is 16.2. The second-order valence-electron chi connectivity index (χ2n) is 6.28. The van der Waals surface area contributed by atoms with Crippen molar-refractivity contribution in [1.82, 2.24) is 15.5 Å². The lowest BCUT2D eigenvalue weighted by molar-refractivity contribution is -0.121. The lowest BCUT2D eigenvalue weighted by Crippen LogP contribution is -2.45. The Hall–Kier alpha value is -2.08. The first-order valence-corrected chi connectivity index (χ1v) is 8.11. The van der Waals surface area contributed by atoms with Gasteiger partial charge in [0.05, 0.1) is 13.7 Å². The summed E-state index contributed by atoms with van der Waals surface area (Å²) in [7, 11) is 1.64. The third kappa shape index (κ3) is 4.96. The molecule has 0 radical (unpaired) electrons. The quantitative estimate of drug-likeness (QED) is 0.802. The maximum absolute atomic E-state index is 12.1. The second kappa shape index (κ2) is 7.00. The molecule has 0 bridgehead atoms. The van der Waals surface area contributed by atoms with E-state index in [2.05, 4.69) is 15.5 Å². The smallest absolute Gasteiger partial charge is 0.321 e. The Balaban J connectivity index is 1.51. The molecule has 2 saturated carbocycles. The van der Waals surface area contributed by atoms with Crippen molar-refractivity contribution in [2.24, 2.45) is 0 Å². The molecule has 3 rings (SSSR count). The minimum Gasteiger partial charge on any atom is -0.497 e. The van der Waals surface area contributed by atoms with E-state index in [4.69, 9.17) is 4.74 Å². The van der Waals surface area contributed by atoms with Crippen LogP contribution in [-0.2, 0) is 11.3 Å². The minimum absolute atomic E-state index is 0.245. The number of urea groups is 1. The van der Waals surface area contributed by atoms with Crippen LogP contribution in [0.25, 0.3) is 0 Å². The van der Waals surface area contributed by atoms with E-state index in [1.165, 1.54) is 0 Å². The molecule has 2 aliphatic rings. The van der Waals surface area contributed by atoms with Crippen molar-refractivity contribution in [1.29, 1.82) is 0 Å². The third-order valence-electron chi connectivity index (χ3n) is 4.12. The van der Waals surface area contributed by atoms with Crippen LogP contribution in [0.15, 0.2) is 24.3 Å². The average molecular weight is 317 g/mol. The van der Waals surface area contributed by atoms with Gasteiger partial charge in [0.2, 0.25) is 5.91 Å². The van der Waals surface area contributed by atoms with Gasteiger partial charge in [0.1, 0.15) is 5.75 Å². The number of amides is 3. The van der Waals surface area contributed by atoms with Gasteiger partial charge in [-0.15, -0.1) is 0 Å². The highest BCUT2D eigenvalue weighted by molar-refractivity contribution is 5.95. The van der Waals surface area contributed by atoms with Gasteiger partial charge in [-0.2, -0.15) is 0 Å². The SMILES string of the molecule is COc1ccc(CN(CC(=O)NC(=O)NC2CC2)C2CC2)cc1. The lowest BCUT2D eigenvalue weighted by Gasteiger charge is -2.21. The van der Waals surface area contributed by atoms with Crippen LogP contribution in [0.3, 0.4) is 0 Å². The topological polar surface area (TPSA) is 70.7 Å². The Bertz CT molecular complexity index is 565. The normalized spacial score (nSPS) is 17.0. The number of hydrogen-bond donors (Lipinski definition) is 2. The number of carbonyl (C=O) groups excluding carboxylic acids is 2. The summed E-state index contributed by atoms with van der Waals surface area (Å²) >= 11 is 0. The second-order valence-corrected chi connectivity index (χ2v) is 6.28. The van der Waals surface area contributed by atoms with Crippen molar-refractivity contribution in [3.63, 3.8) is 0 Å². The standard InChI is InChI=1S/C17H23N3O3/c1-23-15-8-2-12(3-9-15)10-20(14-6-7-14)11-16(21)19-17(22)18-13-4-5-13/h2-3,8-9,13-14H,4-7,10-11H2,1H3,(H2,18,19,21,22). The molecule has 2 fully saturated rings. The van der Waals surface area contributed by atoms with Crippen LogP contribution < -0.4 is 15.4 Å². The van der Waals surface area contributed by atoms with Crippen LogP contribution in [0.2, 0.25) is 0 Å². The van der Waals surface area contributed by atoms with E-state index in [9.17, 15) is 9.59 Å². The molecule has 6 nitrogen and oxygen atoms in total. The van der Waals surface area contributed by atoms with E-state index in [1.54, 1.807) is 7.11 Å². The molecule has 23 heavy (non-hydrogen) atoms. The van der Waals surface area contributed by atoms with Gasteiger partial charge in [-0.1, -0.05) is 12.1 Å². The maximum atomic E-state index is 12.1. The number of nitrogens with one attached hydrogen (secondary N) is 2. The first-order chi connectivity index (χ1) is 11.1. The number of nitrogens with zero attached hydrogens (tertiary/aromatic N) is 1. The monoisotopic (exact) mass is 317 g/mol. The summed E-state index contributed by atoms with van der Waals surface area (Å²) in [5.41, 5.74) is 1.13. The van der Waals surface area contributed by atoms with Gasteiger partial charge >= 0.3 is 6.03 Å². The number of methoxy groups -OCH3 is 1. The molecule has 6 heteroatoms. The van der Waals surface area contributed by atoms with E-state index in [1.807, 2.05) is 24.3 Å². The van der Waals surface area contributed by atoms with Crippen LogP contribution in [0, 0.1) is 0 Å². The fourth-order valence-corrected chi connectivity index (χ4v) is 2.52. The molecule has 1 aromatic rings. The molecule has 0 heterocycles. The van der Waals surface area contributed by atoms with Crippen LogP contribution in [0.4, 0.5) is 4.79 Å². The van der Waals surface area contributed by atoms with Crippen molar-refractivity contribution in [3.8, 4) is 5.75 Å². The van der Waals surface area contributed by atoms with Gasteiger partial charge in [0, 0.05) is 18.6 Å². The predicted octanol–water partition coefficient (Wildman–Crippen LogP) is 1.65. The fraction of sp³-hybridized carbons (Fsp3) is 0.529. The van der Waals surface area contributed by atoms with Crippen LogP contribution >= 0.6 is 0 Å². The van der Waals surface area contributed by atoms with E-state index < -0.39 is 0 Å². The van der Waals surface area contributed by atoms with Gasteiger partial charge in [-0.3, -0.25) is 15.0 Å². The molecule has 0 spiro atoms. The van der Waals surface area contributed by atoms with Crippen molar-refractivity contribution >= 4 is 11.9 Å². The maximum Gasteiger partial charge on any atom is 0.321 e. The highest BCUT2D eigenvalue weighted by Gasteiger charge is 2.31. The largest absolute Gasteiger partial charge is 0.497 e. The molecule has 2 aliphatic carbocycles. The molecule has 2 N–H and O–H groups in total. The first kappa shape index (κ1) is 15.8. The number of carbonyl (C=O) groups is 2. The molecule has 1 aromatic carbocycles. The average Bonchev–Trinajstić information content (AvgIpc) is 3.41. The van der Waals surface area contributed by atoms with E-state index in [0.717, 1.165) is 37.0 Å². The molecule has 0 atom stereocenters. The molecular weight excluding hydrogens is 294 g/mol. The third-order valence-corrected chi connectivity index (χ3v) is 4.12. The number of rotatable bonds is 7. The van der Waals surface area contributed by atoms with E-state index in [0.29, 0.717) is 12.6 Å². The summed E-state index contributed by atoms with van der Waals surface area (Å²) in [5.74, 6) is 0.574. The molecule has 124 valence electrons. The molecular formula is C17H23N3O3. The minimum atomic E-state index is -0.377. The molecule has 0 saturated heterocycles. The summed E-state index contributed by atoms with van der Waals surface area (Å²) in [6.07, 6.45) is 4.23. The highest BCUT2D eigenvalue weighted by atomic mass is 16.5. The Morgan fingerprint density at radius 1 is 1.17 bits per heavy atom. The summed E-state index contributed by atoms with van der Waals surface area (Å²) in [4.78, 5) is 25.8. The molecule has 0 unspecified atom stereocenters. The predicted molar refractivity (Wildman–Crippen MR) is 86.1 cm³/mol. The van der Waals surface area contributed by atoms with Gasteiger partial charge in [-0.05, 0) is 43.4 Å². The zero-order valence-corrected chi connectivity index (χ0v) is 13.4. The molecule has 0 aliphatic heterocycles. The van der Waals surface area contributed by atoms with Crippen LogP contribution in [-0.4, -0.2) is 42.6 Å². The van der Waals surface area contributed by atoms with Gasteiger partial charge in [0.15, 0.2) is 0 Å². The number of ether oxygens (including phenoxy) is 1. The van der Waals surface area contributed by atoms with Gasteiger partial charge in [-0.25, -0.2) is 4.79 Å². The van der Waals surface area contributed by atoms with Crippen molar-refractivity contribution in [2.45, 2.75) is 44.3 Å². The number of benzene rings is 1. The summed E-state index contributed by atoms with van der Waals surface area (Å²) in [6, 6.07) is 8.17. The van der Waals surface area contributed by atoms with E-state index in [-0.39, 0.29) is 24.5 Å². The van der Waals surface area contributed by atoms with Gasteiger partial charge < -0.3 is 10.1 Å². The number of imide groups is 1. The Morgan fingerprint density at radius 3 is 2.43 bits per heavy atom. The van der Waals surface area contributed by atoms with Crippen molar-refractivity contribution in [2.75, 3.05) is 13.7 Å². The molecule has 3 amide bonds. The summed E-state index contributed by atoms with van der Waals surface area (Å²) in [6.45, 7) is 0.946. The Morgan fingerprint density at radius 2 is 1.87 bits per heavy atom. The Kier molecular flexibility index (Phi) is 4.81. The highest BCUT2D eigenvalue weighted by Crippen LogP contribution is 2.28. The lowest BCUT2D eigenvalue weighted by atomic mass is 10.2. The summed E-state index contributed by atoms with van der Waals surface area (Å²) < 4.78 is 5.16. The first-order valence-electron chi connectivity index (χ1n) is 8.11. The van der Waals surface area contributed by atoms with Gasteiger partial charge in [0.25, 0.3) is 0 Å².